The summed E-state index contributed by atoms with van der Waals surface area (Å²) in [4.78, 5) is 83.6. The highest BCUT2D eigenvalue weighted by atomic mass is 19.1. The lowest BCUT2D eigenvalue weighted by Gasteiger charge is -2.33. The molecule has 0 spiro atoms. The number of likely N-dealkylation sites (tertiary alicyclic amines) is 1. The molecule has 2 fully saturated rings. The van der Waals surface area contributed by atoms with Gasteiger partial charge in [-0.25, -0.2) is 14.0 Å². The smallest absolute Gasteiger partial charge is 0.407 e. The van der Waals surface area contributed by atoms with Crippen LogP contribution in [-0.4, -0.2) is 97.6 Å². The van der Waals surface area contributed by atoms with Gasteiger partial charge in [0.05, 0.1) is 32.8 Å². The maximum atomic E-state index is 14.2. The van der Waals surface area contributed by atoms with Crippen LogP contribution in [0.5, 0.6) is 0 Å². The standard InChI is InChI=1S/C48H64FN7O8/c1-8-27-54(45(59)42(30(4)9-2)52-47(61)63-6)29-41(57)50-35-19-13-32(14-20-35)38-25-26-39(56(38)37-23-17-34(49)18-24-37)33-15-21-36(22-16-33)51-44(58)40-12-11-28-55(40)46(60)43(31(5)10-3)53-48(62)64-7/h13-24,30-31,38-40,42-43H,8-12,25-29H2,1-7H3,(H,50,57)(H,51,58)(H,52,61)(H,53,62)/t30-,31-,38-,39-,40+,42+,43+/m1/s1. The number of hydrogen-bond donors (Lipinski definition) is 4. The number of methoxy groups -OCH3 is 2. The summed E-state index contributed by atoms with van der Waals surface area (Å²) in [5.74, 6) is -2.03. The Balaban J connectivity index is 1.28. The lowest BCUT2D eigenvalue weighted by atomic mass is 9.97. The van der Waals surface area contributed by atoms with Gasteiger partial charge in [0.25, 0.3) is 0 Å². The fourth-order valence-corrected chi connectivity index (χ4v) is 8.57. The molecule has 2 saturated heterocycles. The third-order valence-electron chi connectivity index (χ3n) is 12.5. The number of nitrogens with one attached hydrogen (secondary N) is 4. The van der Waals surface area contributed by atoms with E-state index in [0.717, 1.165) is 29.7 Å². The first-order chi connectivity index (χ1) is 30.7. The number of carbonyl (C=O) groups is 6. The minimum atomic E-state index is -0.839. The molecule has 3 aromatic rings. The molecular formula is C48H64FN7O8. The van der Waals surface area contributed by atoms with Gasteiger partial charge in [-0.05, 0) is 104 Å². The molecule has 2 aliphatic heterocycles. The van der Waals surface area contributed by atoms with Crippen molar-refractivity contribution in [2.45, 2.75) is 110 Å². The van der Waals surface area contributed by atoms with Crippen molar-refractivity contribution in [2.75, 3.05) is 49.4 Å². The van der Waals surface area contributed by atoms with Crippen LogP contribution in [0.3, 0.4) is 0 Å². The lowest BCUT2D eigenvalue weighted by molar-refractivity contribution is -0.139. The molecule has 0 saturated carbocycles. The second-order valence-electron chi connectivity index (χ2n) is 16.7. The molecule has 0 bridgehead atoms. The third kappa shape index (κ3) is 12.1. The number of anilines is 3. The highest BCUT2D eigenvalue weighted by Crippen LogP contribution is 2.47. The van der Waals surface area contributed by atoms with E-state index in [1.54, 1.807) is 17.0 Å². The molecule has 64 heavy (non-hydrogen) atoms. The molecule has 2 aliphatic rings. The van der Waals surface area contributed by atoms with Gasteiger partial charge in [0.1, 0.15) is 23.9 Å². The molecule has 3 aromatic carbocycles. The van der Waals surface area contributed by atoms with E-state index in [0.29, 0.717) is 56.6 Å². The number of carbonyl (C=O) groups excluding carboxylic acids is 6. The van der Waals surface area contributed by atoms with Crippen molar-refractivity contribution < 1.29 is 42.6 Å². The summed E-state index contributed by atoms with van der Waals surface area (Å²) in [5, 5.41) is 11.2. The van der Waals surface area contributed by atoms with E-state index in [1.165, 1.54) is 31.3 Å². The Morgan fingerprint density at radius 2 is 1.23 bits per heavy atom. The van der Waals surface area contributed by atoms with Crippen LogP contribution < -0.4 is 26.2 Å². The first-order valence-corrected chi connectivity index (χ1v) is 22.4. The van der Waals surface area contributed by atoms with Gasteiger partial charge in [-0.1, -0.05) is 71.7 Å². The van der Waals surface area contributed by atoms with E-state index in [9.17, 15) is 33.2 Å². The Bertz CT molecular complexity index is 2070. The number of amides is 6. The molecule has 2 heterocycles. The van der Waals surface area contributed by atoms with Crippen LogP contribution in [0.25, 0.3) is 0 Å². The van der Waals surface area contributed by atoms with E-state index < -0.39 is 30.3 Å². The van der Waals surface area contributed by atoms with Gasteiger partial charge in [0, 0.05) is 30.2 Å². The molecule has 5 rings (SSSR count). The van der Waals surface area contributed by atoms with Crippen LogP contribution in [0.1, 0.15) is 103 Å². The summed E-state index contributed by atoms with van der Waals surface area (Å²) in [6, 6.07) is 19.1. The lowest BCUT2D eigenvalue weighted by Crippen LogP contribution is -2.54. The molecule has 4 N–H and O–H groups in total. The van der Waals surface area contributed by atoms with E-state index in [2.05, 4.69) is 26.2 Å². The first-order valence-electron chi connectivity index (χ1n) is 22.4. The Morgan fingerprint density at radius 1 is 0.719 bits per heavy atom. The second-order valence-corrected chi connectivity index (χ2v) is 16.7. The van der Waals surface area contributed by atoms with Crippen LogP contribution in [0.4, 0.5) is 31.0 Å². The van der Waals surface area contributed by atoms with Gasteiger partial charge < -0.3 is 45.4 Å². The summed E-state index contributed by atoms with van der Waals surface area (Å²) in [6.07, 6.45) is 3.22. The summed E-state index contributed by atoms with van der Waals surface area (Å²) in [5.41, 5.74) is 3.97. The maximum Gasteiger partial charge on any atom is 0.407 e. The fraction of sp³-hybridized carbons (Fsp3) is 0.500. The highest BCUT2D eigenvalue weighted by molar-refractivity contribution is 5.99. The topological polar surface area (TPSA) is 179 Å². The molecule has 0 unspecified atom stereocenters. The molecule has 7 atom stereocenters. The molecule has 0 aliphatic carbocycles. The zero-order valence-electron chi connectivity index (χ0n) is 38.0. The van der Waals surface area contributed by atoms with Crippen LogP contribution in [0.2, 0.25) is 0 Å². The molecule has 0 radical (unpaired) electrons. The van der Waals surface area contributed by atoms with Gasteiger partial charge in [-0.15, -0.1) is 0 Å². The van der Waals surface area contributed by atoms with E-state index in [4.69, 9.17) is 9.47 Å². The zero-order valence-corrected chi connectivity index (χ0v) is 38.0. The number of halogens is 1. The monoisotopic (exact) mass is 885 g/mol. The number of alkyl carbamates (subject to hydrolysis) is 2. The van der Waals surface area contributed by atoms with Gasteiger partial charge in [0.2, 0.25) is 23.6 Å². The molecular weight excluding hydrogens is 822 g/mol. The molecule has 15 nitrogen and oxygen atoms in total. The van der Waals surface area contributed by atoms with Crippen molar-refractivity contribution in [1.82, 2.24) is 20.4 Å². The van der Waals surface area contributed by atoms with Crippen molar-refractivity contribution in [1.29, 1.82) is 0 Å². The normalized spacial score (nSPS) is 18.8. The predicted molar refractivity (Wildman–Crippen MR) is 243 cm³/mol. The number of hydrogen-bond acceptors (Lipinski definition) is 9. The molecule has 6 amide bonds. The Labute approximate surface area is 375 Å². The van der Waals surface area contributed by atoms with Gasteiger partial charge in [0.15, 0.2) is 0 Å². The molecule has 346 valence electrons. The number of benzene rings is 3. The van der Waals surface area contributed by atoms with Crippen molar-refractivity contribution >= 4 is 52.9 Å². The Morgan fingerprint density at radius 3 is 1.75 bits per heavy atom. The summed E-state index contributed by atoms with van der Waals surface area (Å²) in [6.45, 7) is 10.1. The summed E-state index contributed by atoms with van der Waals surface area (Å²) < 4.78 is 23.7. The molecule has 0 aromatic heterocycles. The van der Waals surface area contributed by atoms with E-state index in [-0.39, 0.29) is 59.9 Å². The predicted octanol–water partition coefficient (Wildman–Crippen LogP) is 7.56. The van der Waals surface area contributed by atoms with Crippen LogP contribution >= 0.6 is 0 Å². The maximum absolute atomic E-state index is 14.2. The largest absolute Gasteiger partial charge is 0.453 e. The average Bonchev–Trinajstić information content (AvgIpc) is 3.98. The minimum Gasteiger partial charge on any atom is -0.453 e. The van der Waals surface area contributed by atoms with Gasteiger partial charge in [-0.2, -0.15) is 0 Å². The number of nitrogens with zero attached hydrogens (tertiary/aromatic N) is 3. The quantitative estimate of drug-likeness (QED) is 0.100. The van der Waals surface area contributed by atoms with E-state index >= 15 is 0 Å². The minimum absolute atomic E-state index is 0.0858. The van der Waals surface area contributed by atoms with Crippen LogP contribution in [0, 0.1) is 17.7 Å². The third-order valence-corrected chi connectivity index (χ3v) is 12.5. The summed E-state index contributed by atoms with van der Waals surface area (Å²) in [7, 11) is 2.48. The molecule has 16 heteroatoms. The number of ether oxygens (including phenoxy) is 2. The van der Waals surface area contributed by atoms with Crippen molar-refractivity contribution in [2.24, 2.45) is 11.8 Å². The Kier molecular flexibility index (Phi) is 17.5. The van der Waals surface area contributed by atoms with Crippen LogP contribution in [0.15, 0.2) is 72.8 Å². The van der Waals surface area contributed by atoms with Gasteiger partial charge >= 0.3 is 12.2 Å². The summed E-state index contributed by atoms with van der Waals surface area (Å²) >= 11 is 0. The second kappa shape index (κ2) is 22.9. The van der Waals surface area contributed by atoms with Crippen molar-refractivity contribution in [3.05, 3.63) is 89.7 Å². The number of rotatable bonds is 18. The van der Waals surface area contributed by atoms with Crippen LogP contribution in [-0.2, 0) is 28.7 Å². The van der Waals surface area contributed by atoms with E-state index in [1.807, 2.05) is 83.1 Å². The SMILES string of the molecule is CCCN(CC(=O)Nc1ccc([C@H]2CC[C@H](c3ccc(NC(=O)[C@@H]4CCCN4C(=O)[C@@H](NC(=O)OC)[C@H](C)CC)cc3)N2c2ccc(F)cc2)cc1)C(=O)[C@@H](NC(=O)OC)[C@H](C)CC. The highest BCUT2D eigenvalue weighted by Gasteiger charge is 2.40. The Hall–Kier alpha value is -6.19. The average molecular weight is 886 g/mol. The van der Waals surface area contributed by atoms with Crippen molar-refractivity contribution in [3.63, 3.8) is 0 Å². The van der Waals surface area contributed by atoms with Gasteiger partial charge in [-0.3, -0.25) is 19.2 Å². The first kappa shape index (κ1) is 48.8. The van der Waals surface area contributed by atoms with Crippen molar-refractivity contribution in [3.8, 4) is 0 Å². The zero-order chi connectivity index (χ0) is 46.5. The fourth-order valence-electron chi connectivity index (χ4n) is 8.57.